The number of aromatic nitrogens is 1. The van der Waals surface area contributed by atoms with Crippen LogP contribution in [-0.2, 0) is 0 Å². The molecule has 2 rings (SSSR count). The van der Waals surface area contributed by atoms with Crippen molar-refractivity contribution < 1.29 is 4.74 Å². The van der Waals surface area contributed by atoms with Crippen LogP contribution in [0.1, 0.15) is 24.5 Å². The number of hydrogen-bond donors (Lipinski definition) is 0. The average Bonchev–Trinajstić information content (AvgIpc) is 2.87. The molecule has 1 aliphatic carbocycles. The highest BCUT2D eigenvalue weighted by atomic mass is 16.5. The normalized spacial score (nSPS) is 16.5. The SMILES string of the molecule is COc1cccc(C2CC2)n1. The molecule has 1 heterocycles. The molecular weight excluding hydrogens is 138 g/mol. The Bertz CT molecular complexity index is 255. The molecule has 1 aliphatic rings. The molecule has 1 saturated carbocycles. The second-order valence-electron chi connectivity index (χ2n) is 2.88. The lowest BCUT2D eigenvalue weighted by Gasteiger charge is -2.00. The van der Waals surface area contributed by atoms with Gasteiger partial charge in [-0.15, -0.1) is 0 Å². The van der Waals surface area contributed by atoms with Crippen molar-refractivity contribution in [1.82, 2.24) is 4.98 Å². The van der Waals surface area contributed by atoms with Gasteiger partial charge in [0, 0.05) is 17.7 Å². The fourth-order valence-corrected chi connectivity index (χ4v) is 1.15. The van der Waals surface area contributed by atoms with Crippen LogP contribution in [0.2, 0.25) is 0 Å². The Morgan fingerprint density at radius 1 is 1.45 bits per heavy atom. The van der Waals surface area contributed by atoms with E-state index in [0.29, 0.717) is 5.92 Å². The molecule has 0 N–H and O–H groups in total. The Hall–Kier alpha value is -1.05. The van der Waals surface area contributed by atoms with Gasteiger partial charge in [0.05, 0.1) is 7.11 Å². The monoisotopic (exact) mass is 149 g/mol. The van der Waals surface area contributed by atoms with E-state index in [0.717, 1.165) is 5.88 Å². The van der Waals surface area contributed by atoms with E-state index in [1.54, 1.807) is 7.11 Å². The molecule has 0 unspecified atom stereocenters. The van der Waals surface area contributed by atoms with Crippen LogP contribution in [-0.4, -0.2) is 12.1 Å². The van der Waals surface area contributed by atoms with Gasteiger partial charge in [-0.05, 0) is 18.9 Å². The Kier molecular flexibility index (Phi) is 1.53. The molecule has 0 spiro atoms. The lowest BCUT2D eigenvalue weighted by Crippen LogP contribution is -1.90. The maximum absolute atomic E-state index is 5.02. The molecule has 0 radical (unpaired) electrons. The first kappa shape index (κ1) is 6.65. The van der Waals surface area contributed by atoms with Gasteiger partial charge in [-0.2, -0.15) is 0 Å². The van der Waals surface area contributed by atoms with E-state index in [4.69, 9.17) is 4.74 Å². The molecule has 11 heavy (non-hydrogen) atoms. The number of ether oxygens (including phenoxy) is 1. The van der Waals surface area contributed by atoms with Crippen molar-refractivity contribution in [2.24, 2.45) is 0 Å². The minimum Gasteiger partial charge on any atom is -0.481 e. The molecule has 0 amide bonds. The van der Waals surface area contributed by atoms with Crippen LogP contribution in [0.5, 0.6) is 5.88 Å². The van der Waals surface area contributed by atoms with E-state index in [9.17, 15) is 0 Å². The molecule has 1 aromatic heterocycles. The zero-order valence-electron chi connectivity index (χ0n) is 6.58. The maximum Gasteiger partial charge on any atom is 0.213 e. The molecule has 0 bridgehead atoms. The first-order valence-electron chi connectivity index (χ1n) is 3.91. The molecule has 2 nitrogen and oxygen atoms in total. The van der Waals surface area contributed by atoms with Crippen molar-refractivity contribution in [3.8, 4) is 5.88 Å². The van der Waals surface area contributed by atoms with Crippen LogP contribution in [0, 0.1) is 0 Å². The van der Waals surface area contributed by atoms with Gasteiger partial charge in [-0.3, -0.25) is 0 Å². The fourth-order valence-electron chi connectivity index (χ4n) is 1.15. The summed E-state index contributed by atoms with van der Waals surface area (Å²) < 4.78 is 5.02. The third-order valence-electron chi connectivity index (χ3n) is 1.95. The molecule has 1 fully saturated rings. The van der Waals surface area contributed by atoms with Crippen molar-refractivity contribution in [3.05, 3.63) is 23.9 Å². The summed E-state index contributed by atoms with van der Waals surface area (Å²) in [4.78, 5) is 4.33. The summed E-state index contributed by atoms with van der Waals surface area (Å²) in [5.41, 5.74) is 1.18. The predicted octanol–water partition coefficient (Wildman–Crippen LogP) is 1.97. The van der Waals surface area contributed by atoms with E-state index < -0.39 is 0 Å². The molecule has 0 atom stereocenters. The summed E-state index contributed by atoms with van der Waals surface area (Å²) in [5.74, 6) is 1.44. The van der Waals surface area contributed by atoms with Crippen molar-refractivity contribution in [1.29, 1.82) is 0 Å². The summed E-state index contributed by atoms with van der Waals surface area (Å²) in [6.45, 7) is 0. The second-order valence-corrected chi connectivity index (χ2v) is 2.88. The molecule has 58 valence electrons. The minimum absolute atomic E-state index is 0.713. The first-order valence-corrected chi connectivity index (χ1v) is 3.91. The van der Waals surface area contributed by atoms with Crippen LogP contribution < -0.4 is 4.74 Å². The number of nitrogens with zero attached hydrogens (tertiary/aromatic N) is 1. The standard InChI is InChI=1S/C9H11NO/c1-11-9-4-2-3-8(10-9)7-5-6-7/h2-4,7H,5-6H2,1H3. The lowest BCUT2D eigenvalue weighted by molar-refractivity contribution is 0.396. The largest absolute Gasteiger partial charge is 0.481 e. The summed E-state index contributed by atoms with van der Waals surface area (Å²) >= 11 is 0. The summed E-state index contributed by atoms with van der Waals surface area (Å²) in [7, 11) is 1.65. The minimum atomic E-state index is 0.713. The first-order chi connectivity index (χ1) is 5.40. The molecular formula is C9H11NO. The molecule has 0 aromatic carbocycles. The van der Waals surface area contributed by atoms with E-state index in [2.05, 4.69) is 11.1 Å². The van der Waals surface area contributed by atoms with Crippen LogP contribution in [0.3, 0.4) is 0 Å². The maximum atomic E-state index is 5.02. The van der Waals surface area contributed by atoms with Gasteiger partial charge >= 0.3 is 0 Å². The van der Waals surface area contributed by atoms with Crippen molar-refractivity contribution in [3.63, 3.8) is 0 Å². The average molecular weight is 149 g/mol. The van der Waals surface area contributed by atoms with E-state index in [1.165, 1.54) is 18.5 Å². The van der Waals surface area contributed by atoms with Gasteiger partial charge in [0.25, 0.3) is 0 Å². The molecule has 1 aromatic rings. The molecule has 2 heteroatoms. The zero-order chi connectivity index (χ0) is 7.68. The highest BCUT2D eigenvalue weighted by Crippen LogP contribution is 2.39. The summed E-state index contributed by atoms with van der Waals surface area (Å²) in [6.07, 6.45) is 2.58. The Morgan fingerprint density at radius 2 is 2.27 bits per heavy atom. The van der Waals surface area contributed by atoms with Gasteiger partial charge in [0.15, 0.2) is 0 Å². The summed E-state index contributed by atoms with van der Waals surface area (Å²) in [6, 6.07) is 5.95. The highest BCUT2D eigenvalue weighted by molar-refractivity contribution is 5.21. The smallest absolute Gasteiger partial charge is 0.213 e. The molecule has 0 aliphatic heterocycles. The van der Waals surface area contributed by atoms with Crippen molar-refractivity contribution >= 4 is 0 Å². The van der Waals surface area contributed by atoms with Crippen LogP contribution in [0.25, 0.3) is 0 Å². The van der Waals surface area contributed by atoms with Crippen LogP contribution >= 0.6 is 0 Å². The van der Waals surface area contributed by atoms with Gasteiger partial charge in [0.2, 0.25) is 5.88 Å². The second kappa shape index (κ2) is 2.53. The predicted molar refractivity (Wildman–Crippen MR) is 42.8 cm³/mol. The molecule has 0 saturated heterocycles. The summed E-state index contributed by atoms with van der Waals surface area (Å²) in [5, 5.41) is 0. The van der Waals surface area contributed by atoms with Gasteiger partial charge < -0.3 is 4.74 Å². The van der Waals surface area contributed by atoms with Crippen molar-refractivity contribution in [2.45, 2.75) is 18.8 Å². The van der Waals surface area contributed by atoms with Crippen LogP contribution in [0.4, 0.5) is 0 Å². The van der Waals surface area contributed by atoms with E-state index in [1.807, 2.05) is 12.1 Å². The number of rotatable bonds is 2. The van der Waals surface area contributed by atoms with E-state index >= 15 is 0 Å². The highest BCUT2D eigenvalue weighted by Gasteiger charge is 2.24. The fraction of sp³-hybridized carbons (Fsp3) is 0.444. The number of pyridine rings is 1. The quantitative estimate of drug-likeness (QED) is 0.641. The third-order valence-corrected chi connectivity index (χ3v) is 1.95. The Balaban J connectivity index is 2.26. The Labute approximate surface area is 66.2 Å². The van der Waals surface area contributed by atoms with Gasteiger partial charge in [-0.1, -0.05) is 6.07 Å². The van der Waals surface area contributed by atoms with Gasteiger partial charge in [0.1, 0.15) is 0 Å². The number of hydrogen-bond acceptors (Lipinski definition) is 2. The third kappa shape index (κ3) is 1.34. The number of methoxy groups -OCH3 is 1. The van der Waals surface area contributed by atoms with E-state index in [-0.39, 0.29) is 0 Å². The van der Waals surface area contributed by atoms with Crippen LogP contribution in [0.15, 0.2) is 18.2 Å². The lowest BCUT2D eigenvalue weighted by atomic mass is 10.2. The van der Waals surface area contributed by atoms with Gasteiger partial charge in [-0.25, -0.2) is 4.98 Å². The zero-order valence-corrected chi connectivity index (χ0v) is 6.58. The van der Waals surface area contributed by atoms with Crippen molar-refractivity contribution in [2.75, 3.05) is 7.11 Å². The Morgan fingerprint density at radius 3 is 2.91 bits per heavy atom. The topological polar surface area (TPSA) is 22.1 Å².